The van der Waals surface area contributed by atoms with Gasteiger partial charge in [0.05, 0.1) is 0 Å². The molecule has 0 aromatic heterocycles. The van der Waals surface area contributed by atoms with E-state index in [4.69, 9.17) is 5.73 Å². The molecule has 0 saturated heterocycles. The number of fused-ring (bicyclic) bond motifs is 1. The van der Waals surface area contributed by atoms with Crippen LogP contribution in [-0.4, -0.2) is 6.04 Å². The van der Waals surface area contributed by atoms with E-state index >= 15 is 0 Å². The van der Waals surface area contributed by atoms with Crippen molar-refractivity contribution in [3.8, 4) is 0 Å². The minimum absolute atomic E-state index is 0.567. The third-order valence-electron chi connectivity index (χ3n) is 3.14. The first-order chi connectivity index (χ1) is 4.38. The number of rotatable bonds is 0. The van der Waals surface area contributed by atoms with Crippen LogP contribution >= 0.6 is 0 Å². The normalized spacial score (nSPS) is 49.7. The maximum Gasteiger partial charge on any atom is 0.00699 e. The predicted molar refractivity (Wildman–Crippen MR) is 38.0 cm³/mol. The van der Waals surface area contributed by atoms with Crippen LogP contribution in [0.4, 0.5) is 0 Å². The van der Waals surface area contributed by atoms with Gasteiger partial charge in [0.2, 0.25) is 0 Å². The predicted octanol–water partition coefficient (Wildman–Crippen LogP) is 1.52. The van der Waals surface area contributed by atoms with Crippen molar-refractivity contribution in [2.24, 2.45) is 17.6 Å². The topological polar surface area (TPSA) is 26.0 Å². The fourth-order valence-corrected chi connectivity index (χ4v) is 2.61. The number of nitrogens with two attached hydrogens (primary N) is 1. The average molecular weight is 125 g/mol. The molecule has 0 aromatic rings. The molecule has 2 fully saturated rings. The van der Waals surface area contributed by atoms with Gasteiger partial charge in [-0.05, 0) is 31.1 Å². The Bertz CT molecular complexity index is 111. The number of hydrogen-bond acceptors (Lipinski definition) is 1. The second-order valence-corrected chi connectivity index (χ2v) is 3.60. The summed E-state index contributed by atoms with van der Waals surface area (Å²) in [6.07, 6.45) is 7.06. The molecule has 1 heteroatoms. The molecule has 2 N–H and O–H groups in total. The third-order valence-corrected chi connectivity index (χ3v) is 3.14. The molecule has 2 saturated carbocycles. The summed E-state index contributed by atoms with van der Waals surface area (Å²) in [5, 5.41) is 0. The lowest BCUT2D eigenvalue weighted by Gasteiger charge is -2.11. The molecule has 0 aromatic carbocycles. The van der Waals surface area contributed by atoms with Crippen molar-refractivity contribution in [3.05, 3.63) is 0 Å². The van der Waals surface area contributed by atoms with Gasteiger partial charge in [0.1, 0.15) is 0 Å². The molecular weight excluding hydrogens is 110 g/mol. The highest BCUT2D eigenvalue weighted by Gasteiger charge is 2.36. The summed E-state index contributed by atoms with van der Waals surface area (Å²) in [5.74, 6) is 1.95. The van der Waals surface area contributed by atoms with E-state index in [9.17, 15) is 0 Å². The summed E-state index contributed by atoms with van der Waals surface area (Å²) in [6, 6.07) is 0.567. The minimum atomic E-state index is 0.567. The Morgan fingerprint density at radius 3 is 2.67 bits per heavy atom. The quantitative estimate of drug-likeness (QED) is 0.522. The van der Waals surface area contributed by atoms with E-state index < -0.39 is 0 Å². The van der Waals surface area contributed by atoms with Gasteiger partial charge in [-0.15, -0.1) is 0 Å². The van der Waals surface area contributed by atoms with Crippen LogP contribution in [0.3, 0.4) is 0 Å². The summed E-state index contributed by atoms with van der Waals surface area (Å²) in [4.78, 5) is 0. The van der Waals surface area contributed by atoms with E-state index in [0.717, 1.165) is 11.8 Å². The van der Waals surface area contributed by atoms with Gasteiger partial charge in [0.15, 0.2) is 0 Å². The molecule has 0 spiro atoms. The van der Waals surface area contributed by atoms with Crippen molar-refractivity contribution < 1.29 is 0 Å². The molecule has 2 aliphatic carbocycles. The van der Waals surface area contributed by atoms with Gasteiger partial charge >= 0.3 is 0 Å². The van der Waals surface area contributed by atoms with E-state index in [1.54, 1.807) is 0 Å². The Morgan fingerprint density at radius 2 is 1.89 bits per heavy atom. The maximum atomic E-state index is 5.92. The molecule has 3 atom stereocenters. The molecule has 52 valence electrons. The van der Waals surface area contributed by atoms with Crippen molar-refractivity contribution in [3.63, 3.8) is 0 Å². The molecule has 2 aliphatic rings. The van der Waals surface area contributed by atoms with Crippen LogP contribution in [0, 0.1) is 11.8 Å². The highest BCUT2D eigenvalue weighted by Crippen LogP contribution is 2.42. The molecule has 0 radical (unpaired) electrons. The van der Waals surface area contributed by atoms with Crippen LogP contribution in [-0.2, 0) is 0 Å². The van der Waals surface area contributed by atoms with Crippen molar-refractivity contribution >= 4 is 0 Å². The minimum Gasteiger partial charge on any atom is -0.327 e. The molecule has 0 bridgehead atoms. The Balaban J connectivity index is 2.07. The molecular formula is C8H15N. The van der Waals surface area contributed by atoms with Crippen LogP contribution in [0.15, 0.2) is 0 Å². The summed E-state index contributed by atoms with van der Waals surface area (Å²) >= 11 is 0. The molecule has 0 aliphatic heterocycles. The zero-order chi connectivity index (χ0) is 6.27. The third kappa shape index (κ3) is 0.787. The van der Waals surface area contributed by atoms with E-state index in [0.29, 0.717) is 6.04 Å². The van der Waals surface area contributed by atoms with Gasteiger partial charge in [0, 0.05) is 6.04 Å². The smallest absolute Gasteiger partial charge is 0.00699 e. The van der Waals surface area contributed by atoms with Crippen LogP contribution in [0.1, 0.15) is 32.1 Å². The average Bonchev–Trinajstić information content (AvgIpc) is 2.35. The van der Waals surface area contributed by atoms with Crippen LogP contribution in [0.25, 0.3) is 0 Å². The Hall–Kier alpha value is -0.0400. The van der Waals surface area contributed by atoms with E-state index in [2.05, 4.69) is 0 Å². The number of hydrogen-bond donors (Lipinski definition) is 1. The lowest BCUT2D eigenvalue weighted by Crippen LogP contribution is -2.24. The Morgan fingerprint density at radius 1 is 1.00 bits per heavy atom. The van der Waals surface area contributed by atoms with E-state index in [1.807, 2.05) is 0 Å². The maximum absolute atomic E-state index is 5.92. The molecule has 1 nitrogen and oxygen atoms in total. The first kappa shape index (κ1) is 5.72. The SMILES string of the molecule is N[C@@H]1CC[C@@H]2CCC[C@H]21. The van der Waals surface area contributed by atoms with Crippen molar-refractivity contribution in [1.82, 2.24) is 0 Å². The lowest BCUT2D eigenvalue weighted by molar-refractivity contribution is 0.421. The Kier molecular flexibility index (Phi) is 1.26. The second-order valence-electron chi connectivity index (χ2n) is 3.60. The molecule has 9 heavy (non-hydrogen) atoms. The lowest BCUT2D eigenvalue weighted by atomic mass is 9.98. The van der Waals surface area contributed by atoms with Crippen LogP contribution in [0.5, 0.6) is 0 Å². The van der Waals surface area contributed by atoms with Crippen LogP contribution < -0.4 is 5.73 Å². The van der Waals surface area contributed by atoms with Gasteiger partial charge in [-0.2, -0.15) is 0 Å². The first-order valence-corrected chi connectivity index (χ1v) is 4.13. The van der Waals surface area contributed by atoms with E-state index in [1.165, 1.54) is 32.1 Å². The van der Waals surface area contributed by atoms with Gasteiger partial charge in [-0.1, -0.05) is 12.8 Å². The van der Waals surface area contributed by atoms with Gasteiger partial charge in [0.25, 0.3) is 0 Å². The van der Waals surface area contributed by atoms with E-state index in [-0.39, 0.29) is 0 Å². The second kappa shape index (κ2) is 1.98. The molecule has 2 rings (SSSR count). The van der Waals surface area contributed by atoms with Crippen LogP contribution in [0.2, 0.25) is 0 Å². The van der Waals surface area contributed by atoms with Crippen molar-refractivity contribution in [1.29, 1.82) is 0 Å². The van der Waals surface area contributed by atoms with Gasteiger partial charge in [-0.25, -0.2) is 0 Å². The molecule has 0 unspecified atom stereocenters. The van der Waals surface area contributed by atoms with Gasteiger partial charge in [-0.3, -0.25) is 0 Å². The summed E-state index contributed by atoms with van der Waals surface area (Å²) < 4.78 is 0. The van der Waals surface area contributed by atoms with Crippen molar-refractivity contribution in [2.45, 2.75) is 38.1 Å². The molecule has 0 amide bonds. The highest BCUT2D eigenvalue weighted by molar-refractivity contribution is 4.91. The summed E-state index contributed by atoms with van der Waals surface area (Å²) in [5.41, 5.74) is 5.92. The molecule has 0 heterocycles. The summed E-state index contributed by atoms with van der Waals surface area (Å²) in [6.45, 7) is 0. The fourth-order valence-electron chi connectivity index (χ4n) is 2.61. The standard InChI is InChI=1S/C8H15N/c9-8-5-4-6-2-1-3-7(6)8/h6-8H,1-5,9H2/t6-,7+,8+/m0/s1. The monoisotopic (exact) mass is 125 g/mol. The largest absolute Gasteiger partial charge is 0.327 e. The first-order valence-electron chi connectivity index (χ1n) is 4.13. The van der Waals surface area contributed by atoms with Gasteiger partial charge < -0.3 is 5.73 Å². The van der Waals surface area contributed by atoms with Crippen molar-refractivity contribution in [2.75, 3.05) is 0 Å². The highest BCUT2D eigenvalue weighted by atomic mass is 14.7. The fraction of sp³-hybridized carbons (Fsp3) is 1.00. The Labute approximate surface area is 56.6 Å². The zero-order valence-electron chi connectivity index (χ0n) is 5.84. The summed E-state index contributed by atoms with van der Waals surface area (Å²) in [7, 11) is 0. The zero-order valence-corrected chi connectivity index (χ0v) is 5.84.